The van der Waals surface area contributed by atoms with E-state index in [4.69, 9.17) is 0 Å². The normalized spacial score (nSPS) is 11.4. The van der Waals surface area contributed by atoms with Gasteiger partial charge in [-0.05, 0) is 0 Å². The van der Waals surface area contributed by atoms with E-state index < -0.39 is 18.4 Å². The van der Waals surface area contributed by atoms with Gasteiger partial charge in [0.05, 0.1) is 0 Å². The first-order chi connectivity index (χ1) is 6.38. The van der Waals surface area contributed by atoms with Crippen LogP contribution in [0.4, 0.5) is 5.69 Å². The number of nitrogens with zero attached hydrogens (tertiary/aromatic N) is 1. The summed E-state index contributed by atoms with van der Waals surface area (Å²) in [5.74, 6) is 0. The molecule has 0 aliphatic heterocycles. The molecule has 0 unspecified atom stereocenters. The summed E-state index contributed by atoms with van der Waals surface area (Å²) >= 11 is -1.86. The summed E-state index contributed by atoms with van der Waals surface area (Å²) < 4.78 is 1.07. The Hall–Kier alpha value is -0.581. The number of rotatable bonds is 3. The van der Waals surface area contributed by atoms with Crippen molar-refractivity contribution >= 4 is 24.1 Å². The van der Waals surface area contributed by atoms with Crippen LogP contribution in [-0.4, -0.2) is 23.3 Å². The van der Waals surface area contributed by atoms with E-state index in [2.05, 4.69) is 14.8 Å². The van der Waals surface area contributed by atoms with Crippen molar-refractivity contribution in [2.75, 3.05) is 0 Å². The standard InChI is InChI=1S/C7H6NO2.3CH3.Sn/c1-6-3-2-4-7(5-6)8(9)10;;;;/h2-5H,1H2;3*1H3;. The van der Waals surface area contributed by atoms with Crippen molar-refractivity contribution in [3.05, 3.63) is 39.9 Å². The summed E-state index contributed by atoms with van der Waals surface area (Å²) in [5.41, 5.74) is 1.32. The molecular formula is C10H15NO2Sn. The minimum atomic E-state index is -1.86. The Morgan fingerprint density at radius 2 is 2.00 bits per heavy atom. The Morgan fingerprint density at radius 3 is 2.50 bits per heavy atom. The predicted octanol–water partition coefficient (Wildman–Crippen LogP) is 3.01. The van der Waals surface area contributed by atoms with Gasteiger partial charge in [-0.3, -0.25) is 0 Å². The Morgan fingerprint density at radius 1 is 1.36 bits per heavy atom. The average molecular weight is 300 g/mol. The van der Waals surface area contributed by atoms with Gasteiger partial charge < -0.3 is 0 Å². The van der Waals surface area contributed by atoms with Crippen molar-refractivity contribution in [2.45, 2.75) is 19.3 Å². The van der Waals surface area contributed by atoms with Crippen LogP contribution in [0.1, 0.15) is 5.56 Å². The molecule has 0 aliphatic carbocycles. The van der Waals surface area contributed by atoms with Crippen LogP contribution in [0.3, 0.4) is 0 Å². The first kappa shape index (κ1) is 11.5. The van der Waals surface area contributed by atoms with E-state index >= 15 is 0 Å². The second-order valence-electron chi connectivity index (χ2n) is 4.66. The zero-order chi connectivity index (χ0) is 10.8. The van der Waals surface area contributed by atoms with Crippen molar-refractivity contribution in [1.29, 1.82) is 0 Å². The zero-order valence-electron chi connectivity index (χ0n) is 8.78. The fourth-order valence-corrected chi connectivity index (χ4v) is 5.52. The molecule has 0 amide bonds. The first-order valence-electron chi connectivity index (χ1n) is 4.62. The monoisotopic (exact) mass is 301 g/mol. The van der Waals surface area contributed by atoms with Crippen molar-refractivity contribution < 1.29 is 4.92 Å². The molecule has 0 bridgehead atoms. The Kier molecular flexibility index (Phi) is 3.53. The van der Waals surface area contributed by atoms with Crippen LogP contribution in [-0.2, 0) is 4.44 Å². The molecular weight excluding hydrogens is 285 g/mol. The topological polar surface area (TPSA) is 43.1 Å². The molecule has 0 N–H and O–H groups in total. The Bertz CT molecular complexity index is 344. The van der Waals surface area contributed by atoms with Gasteiger partial charge in [0.15, 0.2) is 0 Å². The predicted molar refractivity (Wildman–Crippen MR) is 60.1 cm³/mol. The third-order valence-electron chi connectivity index (χ3n) is 1.86. The second kappa shape index (κ2) is 4.29. The maximum atomic E-state index is 10.5. The molecule has 0 aromatic heterocycles. The van der Waals surface area contributed by atoms with Crippen LogP contribution in [0, 0.1) is 10.1 Å². The molecule has 0 saturated carbocycles. The molecule has 0 saturated heterocycles. The quantitative estimate of drug-likeness (QED) is 0.489. The number of hydrogen-bond acceptors (Lipinski definition) is 2. The van der Waals surface area contributed by atoms with Gasteiger partial charge in [-0.2, -0.15) is 0 Å². The summed E-state index contributed by atoms with van der Waals surface area (Å²) in [4.78, 5) is 17.2. The molecule has 0 fully saturated rings. The molecule has 0 aliphatic rings. The van der Waals surface area contributed by atoms with Crippen molar-refractivity contribution in [3.8, 4) is 0 Å². The number of nitro groups is 1. The SMILES string of the molecule is [CH3][Sn]([CH3])([CH3])[CH2]c1cccc([N+](=O)[O-])c1. The molecule has 3 nitrogen and oxygen atoms in total. The molecule has 76 valence electrons. The number of benzene rings is 1. The van der Waals surface area contributed by atoms with E-state index in [1.807, 2.05) is 6.07 Å². The van der Waals surface area contributed by atoms with Crippen molar-refractivity contribution in [1.82, 2.24) is 0 Å². The molecule has 0 atom stereocenters. The van der Waals surface area contributed by atoms with E-state index in [1.165, 1.54) is 0 Å². The summed E-state index contributed by atoms with van der Waals surface area (Å²) in [6, 6.07) is 6.99. The molecule has 4 heteroatoms. The van der Waals surface area contributed by atoms with Crippen molar-refractivity contribution in [3.63, 3.8) is 0 Å². The molecule has 0 heterocycles. The van der Waals surface area contributed by atoms with Crippen LogP contribution in [0.25, 0.3) is 0 Å². The van der Waals surface area contributed by atoms with Gasteiger partial charge in [0, 0.05) is 0 Å². The molecule has 14 heavy (non-hydrogen) atoms. The summed E-state index contributed by atoms with van der Waals surface area (Å²) in [6.07, 6.45) is 0. The molecule has 0 radical (unpaired) electrons. The fourth-order valence-electron chi connectivity index (χ4n) is 1.39. The van der Waals surface area contributed by atoms with Gasteiger partial charge in [-0.1, -0.05) is 0 Å². The van der Waals surface area contributed by atoms with Crippen LogP contribution in [0.2, 0.25) is 14.8 Å². The fraction of sp³-hybridized carbons (Fsp3) is 0.400. The molecule has 1 aromatic carbocycles. The van der Waals surface area contributed by atoms with Gasteiger partial charge in [-0.15, -0.1) is 0 Å². The number of non-ortho nitro benzene ring substituents is 1. The van der Waals surface area contributed by atoms with E-state index in [0.29, 0.717) is 0 Å². The number of hydrogen-bond donors (Lipinski definition) is 0. The number of nitro benzene ring substituents is 1. The zero-order valence-corrected chi connectivity index (χ0v) is 11.6. The van der Waals surface area contributed by atoms with Gasteiger partial charge in [-0.25, -0.2) is 0 Å². The van der Waals surface area contributed by atoms with Gasteiger partial charge in [0.25, 0.3) is 0 Å². The van der Waals surface area contributed by atoms with Crippen LogP contribution in [0.15, 0.2) is 24.3 Å². The first-order valence-corrected chi connectivity index (χ1v) is 15.2. The van der Waals surface area contributed by atoms with E-state index in [1.54, 1.807) is 18.2 Å². The maximum absolute atomic E-state index is 10.5. The van der Waals surface area contributed by atoms with E-state index in [9.17, 15) is 10.1 Å². The summed E-state index contributed by atoms with van der Waals surface area (Å²) in [5, 5.41) is 10.5. The van der Waals surface area contributed by atoms with E-state index in [-0.39, 0.29) is 10.6 Å². The third-order valence-corrected chi connectivity index (χ3v) is 6.05. The molecule has 1 rings (SSSR count). The summed E-state index contributed by atoms with van der Waals surface area (Å²) in [6.45, 7) is 0. The molecule has 0 spiro atoms. The van der Waals surface area contributed by atoms with Crippen molar-refractivity contribution in [2.24, 2.45) is 0 Å². The third kappa shape index (κ3) is 3.65. The average Bonchev–Trinajstić information content (AvgIpc) is 2.01. The Labute approximate surface area is 88.2 Å². The van der Waals surface area contributed by atoms with Gasteiger partial charge >= 0.3 is 88.2 Å². The summed E-state index contributed by atoms with van der Waals surface area (Å²) in [7, 11) is 0. The Balaban J connectivity index is 2.89. The van der Waals surface area contributed by atoms with Crippen LogP contribution < -0.4 is 0 Å². The second-order valence-corrected chi connectivity index (χ2v) is 20.3. The molecule has 1 aromatic rings. The van der Waals surface area contributed by atoms with Gasteiger partial charge in [0.2, 0.25) is 0 Å². The van der Waals surface area contributed by atoms with Gasteiger partial charge in [0.1, 0.15) is 0 Å². The van der Waals surface area contributed by atoms with Crippen LogP contribution >= 0.6 is 0 Å². The van der Waals surface area contributed by atoms with Crippen LogP contribution in [0.5, 0.6) is 0 Å². The van der Waals surface area contributed by atoms with E-state index in [0.717, 1.165) is 10.0 Å². The minimum absolute atomic E-state index is 0.207.